The number of anilines is 2. The topological polar surface area (TPSA) is 94.1 Å². The number of aryl methyl sites for hydroxylation is 1. The SMILES string of the molecule is CC(=O)N1CCCc2cc(S(=O)(=O)N3CCC(C(=O)N4CCN(c5ccccn5)CC4)CC3)ccc21. The fourth-order valence-corrected chi connectivity index (χ4v) is 7.03. The van der Waals surface area contributed by atoms with E-state index in [1.165, 1.54) is 11.2 Å². The Morgan fingerprint density at radius 1 is 0.944 bits per heavy atom. The quantitative estimate of drug-likeness (QED) is 0.624. The molecule has 0 atom stereocenters. The Hall–Kier alpha value is -2.98. The van der Waals surface area contributed by atoms with Crippen molar-refractivity contribution in [2.45, 2.75) is 37.5 Å². The number of amides is 2. The van der Waals surface area contributed by atoms with Crippen molar-refractivity contribution in [1.82, 2.24) is 14.2 Å². The summed E-state index contributed by atoms with van der Waals surface area (Å²) in [6, 6.07) is 10.9. The Balaban J connectivity index is 1.18. The van der Waals surface area contributed by atoms with Gasteiger partial charge in [0.05, 0.1) is 4.90 Å². The number of sulfonamides is 1. The highest BCUT2D eigenvalue weighted by Gasteiger charge is 2.35. The van der Waals surface area contributed by atoms with Gasteiger partial charge in [0.1, 0.15) is 5.82 Å². The normalized spacial score (nSPS) is 19.8. The van der Waals surface area contributed by atoms with Crippen molar-refractivity contribution in [2.24, 2.45) is 5.92 Å². The van der Waals surface area contributed by atoms with E-state index in [0.29, 0.717) is 45.6 Å². The average molecular weight is 512 g/mol. The van der Waals surface area contributed by atoms with Crippen LogP contribution in [0.5, 0.6) is 0 Å². The smallest absolute Gasteiger partial charge is 0.243 e. The lowest BCUT2D eigenvalue weighted by Gasteiger charge is -2.38. The monoisotopic (exact) mass is 511 g/mol. The molecule has 2 amide bonds. The molecule has 1 aromatic heterocycles. The molecule has 9 nitrogen and oxygen atoms in total. The van der Waals surface area contributed by atoms with Gasteiger partial charge in [-0.05, 0) is 61.6 Å². The van der Waals surface area contributed by atoms with Crippen LogP contribution in [0.4, 0.5) is 11.5 Å². The van der Waals surface area contributed by atoms with Crippen LogP contribution in [0.15, 0.2) is 47.5 Å². The average Bonchev–Trinajstić information content (AvgIpc) is 2.92. The molecular weight excluding hydrogens is 478 g/mol. The van der Waals surface area contributed by atoms with Crippen molar-refractivity contribution in [1.29, 1.82) is 0 Å². The lowest BCUT2D eigenvalue weighted by Crippen LogP contribution is -2.52. The maximum atomic E-state index is 13.4. The maximum Gasteiger partial charge on any atom is 0.243 e. The van der Waals surface area contributed by atoms with E-state index in [9.17, 15) is 18.0 Å². The molecule has 0 unspecified atom stereocenters. The molecule has 2 aromatic rings. The Bertz CT molecular complexity index is 1220. The Morgan fingerprint density at radius 2 is 1.69 bits per heavy atom. The van der Waals surface area contributed by atoms with E-state index in [4.69, 9.17) is 0 Å². The molecule has 5 rings (SSSR count). The third-order valence-corrected chi connectivity index (χ3v) is 9.45. The predicted octanol–water partition coefficient (Wildman–Crippen LogP) is 2.13. The van der Waals surface area contributed by atoms with Crippen molar-refractivity contribution in [2.75, 3.05) is 55.6 Å². The van der Waals surface area contributed by atoms with Crippen molar-refractivity contribution in [3.8, 4) is 0 Å². The van der Waals surface area contributed by atoms with Crippen LogP contribution in [0.1, 0.15) is 31.7 Å². The second-order valence-corrected chi connectivity index (χ2v) is 11.7. The molecule has 10 heteroatoms. The molecular formula is C26H33N5O4S. The third-order valence-electron chi connectivity index (χ3n) is 7.56. The number of piperazine rings is 1. The summed E-state index contributed by atoms with van der Waals surface area (Å²) in [5, 5.41) is 0. The van der Waals surface area contributed by atoms with E-state index in [-0.39, 0.29) is 22.6 Å². The van der Waals surface area contributed by atoms with Gasteiger partial charge in [-0.25, -0.2) is 13.4 Å². The van der Waals surface area contributed by atoms with E-state index in [0.717, 1.165) is 43.0 Å². The predicted molar refractivity (Wildman–Crippen MR) is 137 cm³/mol. The zero-order valence-corrected chi connectivity index (χ0v) is 21.5. The maximum absolute atomic E-state index is 13.4. The highest BCUT2D eigenvalue weighted by molar-refractivity contribution is 7.89. The van der Waals surface area contributed by atoms with E-state index < -0.39 is 10.0 Å². The molecule has 0 spiro atoms. The number of rotatable bonds is 4. The first-order chi connectivity index (χ1) is 17.3. The van der Waals surface area contributed by atoms with E-state index in [1.54, 1.807) is 29.3 Å². The fraction of sp³-hybridized carbons (Fsp3) is 0.500. The Morgan fingerprint density at radius 3 is 2.36 bits per heavy atom. The van der Waals surface area contributed by atoms with Crippen LogP contribution < -0.4 is 9.80 Å². The second kappa shape index (κ2) is 10.2. The molecule has 0 aliphatic carbocycles. The number of fused-ring (bicyclic) bond motifs is 1. The molecule has 192 valence electrons. The minimum absolute atomic E-state index is 0.0311. The summed E-state index contributed by atoms with van der Waals surface area (Å²) in [4.78, 5) is 35.6. The molecule has 4 heterocycles. The molecule has 0 N–H and O–H groups in total. The summed E-state index contributed by atoms with van der Waals surface area (Å²) in [6.07, 6.45) is 4.41. The summed E-state index contributed by atoms with van der Waals surface area (Å²) >= 11 is 0. The molecule has 1 aromatic carbocycles. The zero-order chi connectivity index (χ0) is 25.3. The largest absolute Gasteiger partial charge is 0.353 e. The minimum Gasteiger partial charge on any atom is -0.353 e. The molecule has 2 fully saturated rings. The van der Waals surface area contributed by atoms with Gasteiger partial charge >= 0.3 is 0 Å². The lowest BCUT2D eigenvalue weighted by molar-refractivity contribution is -0.137. The lowest BCUT2D eigenvalue weighted by atomic mass is 9.96. The summed E-state index contributed by atoms with van der Waals surface area (Å²) < 4.78 is 28.3. The molecule has 3 aliphatic heterocycles. The number of pyridine rings is 1. The van der Waals surface area contributed by atoms with Crippen molar-refractivity contribution < 1.29 is 18.0 Å². The molecule has 36 heavy (non-hydrogen) atoms. The van der Waals surface area contributed by atoms with Gasteiger partial charge in [-0.15, -0.1) is 0 Å². The molecule has 0 bridgehead atoms. The first kappa shape index (κ1) is 24.7. The number of piperidine rings is 1. The van der Waals surface area contributed by atoms with Crippen molar-refractivity contribution in [3.05, 3.63) is 48.2 Å². The van der Waals surface area contributed by atoms with E-state index in [1.807, 2.05) is 23.1 Å². The first-order valence-corrected chi connectivity index (χ1v) is 14.1. The molecule has 2 saturated heterocycles. The van der Waals surface area contributed by atoms with Crippen LogP contribution in [-0.4, -0.2) is 80.2 Å². The number of carbonyl (C=O) groups is 2. The van der Waals surface area contributed by atoms with Crippen LogP contribution in [0.2, 0.25) is 0 Å². The Kier molecular flexibility index (Phi) is 6.98. The van der Waals surface area contributed by atoms with Crippen LogP contribution in [0, 0.1) is 5.92 Å². The summed E-state index contributed by atoms with van der Waals surface area (Å²) in [7, 11) is -3.65. The van der Waals surface area contributed by atoms with Crippen LogP contribution in [-0.2, 0) is 26.0 Å². The number of carbonyl (C=O) groups excluding carboxylic acids is 2. The highest BCUT2D eigenvalue weighted by Crippen LogP contribution is 2.32. The Labute approximate surface area is 212 Å². The van der Waals surface area contributed by atoms with Gasteiger partial charge in [-0.1, -0.05) is 6.07 Å². The second-order valence-electron chi connectivity index (χ2n) is 9.74. The number of hydrogen-bond acceptors (Lipinski definition) is 6. The number of nitrogens with zero attached hydrogens (tertiary/aromatic N) is 5. The third kappa shape index (κ3) is 4.84. The molecule has 0 radical (unpaired) electrons. The van der Waals surface area contributed by atoms with Crippen molar-refractivity contribution >= 4 is 33.3 Å². The molecule has 0 saturated carbocycles. The summed E-state index contributed by atoms with van der Waals surface area (Å²) in [5.74, 6) is 0.882. The fourth-order valence-electron chi connectivity index (χ4n) is 5.51. The standard InChI is InChI=1S/C26H33N5O4S/c1-20(32)31-12-4-5-22-19-23(7-8-24(22)31)36(34,35)30-13-9-21(10-14-30)26(33)29-17-15-28(16-18-29)25-6-2-3-11-27-25/h2-3,6-8,11,19,21H,4-5,9-10,12-18H2,1H3. The van der Waals surface area contributed by atoms with E-state index in [2.05, 4.69) is 9.88 Å². The van der Waals surface area contributed by atoms with Gasteiger partial charge in [0.25, 0.3) is 0 Å². The van der Waals surface area contributed by atoms with Crippen LogP contribution in [0.3, 0.4) is 0 Å². The van der Waals surface area contributed by atoms with E-state index >= 15 is 0 Å². The number of hydrogen-bond donors (Lipinski definition) is 0. The van der Waals surface area contributed by atoms with Gasteiger partial charge in [0, 0.05) is 70.5 Å². The minimum atomic E-state index is -3.65. The first-order valence-electron chi connectivity index (χ1n) is 12.7. The van der Waals surface area contributed by atoms with Crippen molar-refractivity contribution in [3.63, 3.8) is 0 Å². The van der Waals surface area contributed by atoms with Gasteiger partial charge in [0.15, 0.2) is 0 Å². The summed E-state index contributed by atoms with van der Waals surface area (Å²) in [5.41, 5.74) is 1.70. The van der Waals surface area contributed by atoms with Crippen LogP contribution in [0.25, 0.3) is 0 Å². The van der Waals surface area contributed by atoms with Crippen LogP contribution >= 0.6 is 0 Å². The number of benzene rings is 1. The zero-order valence-electron chi connectivity index (χ0n) is 20.7. The molecule has 3 aliphatic rings. The number of aromatic nitrogens is 1. The van der Waals surface area contributed by atoms with Gasteiger partial charge < -0.3 is 14.7 Å². The summed E-state index contributed by atoms with van der Waals surface area (Å²) in [6.45, 7) is 5.66. The van der Waals surface area contributed by atoms with Gasteiger partial charge in [0.2, 0.25) is 21.8 Å². The van der Waals surface area contributed by atoms with Gasteiger partial charge in [-0.3, -0.25) is 9.59 Å². The van der Waals surface area contributed by atoms with Gasteiger partial charge in [-0.2, -0.15) is 4.31 Å². The highest BCUT2D eigenvalue weighted by atomic mass is 32.2.